The van der Waals surface area contributed by atoms with Crippen molar-refractivity contribution in [2.75, 3.05) is 30.9 Å². The number of benzene rings is 2. The van der Waals surface area contributed by atoms with Crippen LogP contribution in [0.3, 0.4) is 0 Å². The summed E-state index contributed by atoms with van der Waals surface area (Å²) >= 11 is 6.04. The second-order valence-corrected chi connectivity index (χ2v) is 5.93. The minimum absolute atomic E-state index is 0.119. The van der Waals surface area contributed by atoms with Gasteiger partial charge in [0.15, 0.2) is 0 Å². The number of hydrogen-bond acceptors (Lipinski definition) is 4. The molecular formula is C19H21ClN2O3. The molecule has 0 heterocycles. The molecule has 0 spiro atoms. The minimum atomic E-state index is -0.186. The van der Waals surface area contributed by atoms with E-state index >= 15 is 0 Å². The fourth-order valence-electron chi connectivity index (χ4n) is 2.03. The molecule has 2 aromatic rings. The molecule has 0 radical (unpaired) electrons. The molecule has 0 fully saturated rings. The molecule has 2 rings (SSSR count). The molecule has 0 unspecified atom stereocenters. The summed E-state index contributed by atoms with van der Waals surface area (Å²) in [6, 6.07) is 12.5. The van der Waals surface area contributed by atoms with Crippen LogP contribution in [0, 0.1) is 0 Å². The van der Waals surface area contributed by atoms with Crippen molar-refractivity contribution in [1.29, 1.82) is 0 Å². The van der Waals surface area contributed by atoms with Gasteiger partial charge in [0.05, 0.1) is 18.7 Å². The van der Waals surface area contributed by atoms with Crippen molar-refractivity contribution in [3.8, 4) is 11.5 Å². The van der Waals surface area contributed by atoms with Gasteiger partial charge in [-0.2, -0.15) is 0 Å². The second kappa shape index (κ2) is 8.99. The summed E-state index contributed by atoms with van der Waals surface area (Å²) in [4.78, 5) is 12.1. The summed E-state index contributed by atoms with van der Waals surface area (Å²) in [5.41, 5.74) is 2.34. The number of carbonyl (C=O) groups is 1. The first kappa shape index (κ1) is 18.7. The van der Waals surface area contributed by atoms with Gasteiger partial charge in [-0.1, -0.05) is 24.2 Å². The fraction of sp³-hybridized carbons (Fsp3) is 0.211. The lowest BCUT2D eigenvalue weighted by atomic mass is 10.3. The molecule has 0 aliphatic heterocycles. The smallest absolute Gasteiger partial charge is 0.243 e. The van der Waals surface area contributed by atoms with Crippen LogP contribution in [0.15, 0.2) is 54.6 Å². The maximum absolute atomic E-state index is 12.1. The van der Waals surface area contributed by atoms with Crippen molar-refractivity contribution in [3.05, 3.63) is 59.6 Å². The van der Waals surface area contributed by atoms with Crippen LogP contribution in [0.1, 0.15) is 6.92 Å². The fourth-order valence-corrected chi connectivity index (χ4v) is 2.29. The summed E-state index contributed by atoms with van der Waals surface area (Å²) < 4.78 is 10.7. The SMILES string of the molecule is C=C(C)COc1cccc(NCC(=O)Nc2ccc(OC)c(Cl)c2)c1. The van der Waals surface area contributed by atoms with Gasteiger partial charge in [-0.3, -0.25) is 4.79 Å². The van der Waals surface area contributed by atoms with E-state index in [9.17, 15) is 4.79 Å². The van der Waals surface area contributed by atoms with Crippen molar-refractivity contribution < 1.29 is 14.3 Å². The highest BCUT2D eigenvalue weighted by Gasteiger charge is 2.06. The quantitative estimate of drug-likeness (QED) is 0.687. The van der Waals surface area contributed by atoms with Crippen LogP contribution in [0.2, 0.25) is 5.02 Å². The molecule has 0 atom stereocenters. The molecule has 2 N–H and O–H groups in total. The Bertz CT molecular complexity index is 762. The van der Waals surface area contributed by atoms with Crippen molar-refractivity contribution in [2.24, 2.45) is 0 Å². The Kier molecular flexibility index (Phi) is 6.71. The Morgan fingerprint density at radius 1 is 1.20 bits per heavy atom. The topological polar surface area (TPSA) is 59.6 Å². The number of halogens is 1. The van der Waals surface area contributed by atoms with Gasteiger partial charge >= 0.3 is 0 Å². The van der Waals surface area contributed by atoms with Gasteiger partial charge in [0.2, 0.25) is 5.91 Å². The van der Waals surface area contributed by atoms with E-state index in [1.165, 1.54) is 7.11 Å². The van der Waals surface area contributed by atoms with Crippen LogP contribution in [-0.4, -0.2) is 26.2 Å². The van der Waals surface area contributed by atoms with Crippen molar-refractivity contribution in [2.45, 2.75) is 6.92 Å². The van der Waals surface area contributed by atoms with Gasteiger partial charge in [0.1, 0.15) is 18.1 Å². The van der Waals surface area contributed by atoms with Gasteiger partial charge in [-0.25, -0.2) is 0 Å². The molecule has 0 bridgehead atoms. The molecule has 25 heavy (non-hydrogen) atoms. The van der Waals surface area contributed by atoms with Crippen molar-refractivity contribution >= 4 is 28.9 Å². The molecule has 6 heteroatoms. The van der Waals surface area contributed by atoms with Crippen LogP contribution in [0.25, 0.3) is 0 Å². The van der Waals surface area contributed by atoms with Gasteiger partial charge in [0.25, 0.3) is 0 Å². The zero-order valence-electron chi connectivity index (χ0n) is 14.3. The summed E-state index contributed by atoms with van der Waals surface area (Å²) in [5, 5.41) is 6.27. The monoisotopic (exact) mass is 360 g/mol. The van der Waals surface area contributed by atoms with Gasteiger partial charge in [-0.15, -0.1) is 0 Å². The standard InChI is InChI=1S/C19H21ClN2O3/c1-13(2)12-25-16-6-4-5-14(9-16)21-11-19(23)22-15-7-8-18(24-3)17(20)10-15/h4-10,21H,1,11-12H2,2-3H3,(H,22,23). The summed E-state index contributed by atoms with van der Waals surface area (Å²) in [6.45, 7) is 6.28. The van der Waals surface area contributed by atoms with Crippen LogP contribution < -0.4 is 20.1 Å². The largest absolute Gasteiger partial charge is 0.495 e. The molecule has 0 aliphatic carbocycles. The third-order valence-electron chi connectivity index (χ3n) is 3.21. The molecule has 0 saturated carbocycles. The number of methoxy groups -OCH3 is 1. The van der Waals surface area contributed by atoms with Crippen molar-refractivity contribution in [1.82, 2.24) is 0 Å². The Hall–Kier alpha value is -2.66. The lowest BCUT2D eigenvalue weighted by Gasteiger charge is -2.11. The molecular weight excluding hydrogens is 340 g/mol. The number of ether oxygens (including phenoxy) is 2. The molecule has 0 aliphatic rings. The van der Waals surface area contributed by atoms with E-state index in [0.29, 0.717) is 23.1 Å². The van der Waals surface area contributed by atoms with Gasteiger partial charge in [-0.05, 0) is 42.8 Å². The molecule has 1 amide bonds. The highest BCUT2D eigenvalue weighted by atomic mass is 35.5. The Morgan fingerprint density at radius 2 is 2.00 bits per heavy atom. The normalized spacial score (nSPS) is 10.0. The maximum Gasteiger partial charge on any atom is 0.243 e. The van der Waals surface area contributed by atoms with Crippen LogP contribution in [0.4, 0.5) is 11.4 Å². The third kappa shape index (κ3) is 6.04. The summed E-state index contributed by atoms with van der Waals surface area (Å²) in [7, 11) is 1.54. The Labute approximate surface area is 152 Å². The average molecular weight is 361 g/mol. The maximum atomic E-state index is 12.1. The van der Waals surface area contributed by atoms with Crippen LogP contribution in [-0.2, 0) is 4.79 Å². The molecule has 0 aromatic heterocycles. The van der Waals surface area contributed by atoms with E-state index in [1.807, 2.05) is 31.2 Å². The van der Waals surface area contributed by atoms with E-state index in [4.69, 9.17) is 21.1 Å². The van der Waals surface area contributed by atoms with Gasteiger partial charge in [0, 0.05) is 17.4 Å². The Balaban J connectivity index is 1.88. The minimum Gasteiger partial charge on any atom is -0.495 e. The number of amides is 1. The van der Waals surface area contributed by atoms with E-state index in [0.717, 1.165) is 17.0 Å². The first-order chi connectivity index (χ1) is 12.0. The molecule has 5 nitrogen and oxygen atoms in total. The van der Waals surface area contributed by atoms with E-state index < -0.39 is 0 Å². The first-order valence-electron chi connectivity index (χ1n) is 7.72. The van der Waals surface area contributed by atoms with Crippen molar-refractivity contribution in [3.63, 3.8) is 0 Å². The lowest BCUT2D eigenvalue weighted by Crippen LogP contribution is -2.21. The number of anilines is 2. The number of rotatable bonds is 8. The highest BCUT2D eigenvalue weighted by Crippen LogP contribution is 2.27. The number of nitrogens with one attached hydrogen (secondary N) is 2. The molecule has 2 aromatic carbocycles. The van der Waals surface area contributed by atoms with Gasteiger partial charge < -0.3 is 20.1 Å². The number of carbonyl (C=O) groups excluding carboxylic acids is 1. The van der Waals surface area contributed by atoms with Crippen LogP contribution in [0.5, 0.6) is 11.5 Å². The highest BCUT2D eigenvalue weighted by molar-refractivity contribution is 6.32. The average Bonchev–Trinajstić information content (AvgIpc) is 2.59. The third-order valence-corrected chi connectivity index (χ3v) is 3.50. The Morgan fingerprint density at radius 3 is 2.68 bits per heavy atom. The predicted molar refractivity (Wildman–Crippen MR) is 102 cm³/mol. The summed E-state index contributed by atoms with van der Waals surface area (Å²) in [6.07, 6.45) is 0. The number of hydrogen-bond donors (Lipinski definition) is 2. The van der Waals surface area contributed by atoms with E-state index in [1.54, 1.807) is 18.2 Å². The zero-order valence-corrected chi connectivity index (χ0v) is 15.0. The van der Waals surface area contributed by atoms with E-state index in [2.05, 4.69) is 17.2 Å². The predicted octanol–water partition coefficient (Wildman–Crippen LogP) is 4.35. The molecule has 0 saturated heterocycles. The summed E-state index contributed by atoms with van der Waals surface area (Å²) in [5.74, 6) is 1.09. The molecule has 132 valence electrons. The van der Waals surface area contributed by atoms with Crippen LogP contribution >= 0.6 is 11.6 Å². The zero-order chi connectivity index (χ0) is 18.2. The van der Waals surface area contributed by atoms with E-state index in [-0.39, 0.29) is 12.5 Å². The first-order valence-corrected chi connectivity index (χ1v) is 8.10. The lowest BCUT2D eigenvalue weighted by molar-refractivity contribution is -0.114. The second-order valence-electron chi connectivity index (χ2n) is 5.52.